The first-order valence-corrected chi connectivity index (χ1v) is 10.5. The molecule has 6 heteroatoms. The lowest BCUT2D eigenvalue weighted by atomic mass is 10.0. The fourth-order valence-electron chi connectivity index (χ4n) is 4.19. The van der Waals surface area contributed by atoms with E-state index in [2.05, 4.69) is 22.0 Å². The summed E-state index contributed by atoms with van der Waals surface area (Å²) >= 11 is 0. The van der Waals surface area contributed by atoms with Gasteiger partial charge in [-0.3, -0.25) is 19.7 Å². The van der Waals surface area contributed by atoms with Crippen LogP contribution in [0.15, 0.2) is 78.5 Å². The fourth-order valence-corrected chi connectivity index (χ4v) is 4.19. The van der Waals surface area contributed by atoms with Crippen LogP contribution in [0.5, 0.6) is 0 Å². The Bertz CT molecular complexity index is 1280. The van der Waals surface area contributed by atoms with Crippen LogP contribution in [0.2, 0.25) is 0 Å². The minimum atomic E-state index is -0.468. The van der Waals surface area contributed by atoms with Crippen LogP contribution in [0.3, 0.4) is 0 Å². The Morgan fingerprint density at radius 1 is 0.781 bits per heavy atom. The first kappa shape index (κ1) is 19.8. The third kappa shape index (κ3) is 3.78. The molecule has 1 aliphatic carbocycles. The van der Waals surface area contributed by atoms with Gasteiger partial charge in [0, 0.05) is 16.9 Å². The van der Waals surface area contributed by atoms with Crippen molar-refractivity contribution in [1.82, 2.24) is 5.32 Å². The topological polar surface area (TPSA) is 87.3 Å². The number of hydrogen-bond donors (Lipinski definition) is 3. The molecule has 3 N–H and O–H groups in total. The molecule has 0 bridgehead atoms. The molecule has 32 heavy (non-hydrogen) atoms. The summed E-state index contributed by atoms with van der Waals surface area (Å²) in [5.74, 6) is -1.19. The Balaban J connectivity index is 1.45. The molecule has 3 aromatic carbocycles. The van der Waals surface area contributed by atoms with Crippen LogP contribution in [0, 0.1) is 0 Å². The molecule has 0 aromatic heterocycles. The van der Waals surface area contributed by atoms with Crippen LogP contribution in [0.25, 0.3) is 5.57 Å². The van der Waals surface area contributed by atoms with Gasteiger partial charge in [0.05, 0.1) is 5.57 Å². The van der Waals surface area contributed by atoms with Crippen LogP contribution in [0.1, 0.15) is 33.5 Å². The molecule has 0 fully saturated rings. The van der Waals surface area contributed by atoms with Gasteiger partial charge in [0.15, 0.2) is 0 Å². The van der Waals surface area contributed by atoms with E-state index in [1.165, 1.54) is 11.1 Å². The molecule has 0 saturated heterocycles. The number of anilines is 2. The van der Waals surface area contributed by atoms with E-state index in [-0.39, 0.29) is 17.2 Å². The zero-order chi connectivity index (χ0) is 22.1. The van der Waals surface area contributed by atoms with Crippen molar-refractivity contribution < 1.29 is 14.4 Å². The molecule has 0 unspecified atom stereocenters. The van der Waals surface area contributed by atoms with Crippen molar-refractivity contribution in [2.24, 2.45) is 0 Å². The Labute approximate surface area is 185 Å². The minimum Gasteiger partial charge on any atom is -0.350 e. The molecule has 0 saturated carbocycles. The first-order chi connectivity index (χ1) is 15.6. The summed E-state index contributed by atoms with van der Waals surface area (Å²) in [6.07, 6.45) is 3.22. The quantitative estimate of drug-likeness (QED) is 0.543. The Hall–Kier alpha value is -4.19. The molecule has 158 valence electrons. The number of amides is 3. The Morgan fingerprint density at radius 3 is 2.44 bits per heavy atom. The van der Waals surface area contributed by atoms with E-state index in [4.69, 9.17) is 0 Å². The maximum atomic E-state index is 12.6. The normalized spacial score (nSPS) is 14.9. The maximum Gasteiger partial charge on any atom is 0.275 e. The van der Waals surface area contributed by atoms with Gasteiger partial charge in [-0.2, -0.15) is 0 Å². The summed E-state index contributed by atoms with van der Waals surface area (Å²) in [4.78, 5) is 37.6. The number of fused-ring (bicyclic) bond motifs is 1. The summed E-state index contributed by atoms with van der Waals surface area (Å²) in [5.41, 5.74) is 5.45. The van der Waals surface area contributed by atoms with Crippen molar-refractivity contribution in [3.05, 3.63) is 101 Å². The molecular weight excluding hydrogens is 402 g/mol. The summed E-state index contributed by atoms with van der Waals surface area (Å²) in [6, 6.07) is 21.8. The van der Waals surface area contributed by atoms with Gasteiger partial charge in [-0.1, -0.05) is 36.4 Å². The summed E-state index contributed by atoms with van der Waals surface area (Å²) in [6.45, 7) is 0. The molecule has 3 aromatic rings. The average molecular weight is 423 g/mol. The van der Waals surface area contributed by atoms with Gasteiger partial charge in [-0.25, -0.2) is 0 Å². The van der Waals surface area contributed by atoms with Gasteiger partial charge in [0.25, 0.3) is 17.7 Å². The van der Waals surface area contributed by atoms with E-state index < -0.39 is 11.8 Å². The number of carbonyl (C=O) groups excluding carboxylic acids is 3. The van der Waals surface area contributed by atoms with E-state index in [0.29, 0.717) is 16.8 Å². The highest BCUT2D eigenvalue weighted by atomic mass is 16.2. The summed E-state index contributed by atoms with van der Waals surface area (Å²) < 4.78 is 0. The number of imide groups is 1. The smallest absolute Gasteiger partial charge is 0.275 e. The van der Waals surface area contributed by atoms with Gasteiger partial charge in [0.2, 0.25) is 0 Å². The largest absolute Gasteiger partial charge is 0.350 e. The van der Waals surface area contributed by atoms with E-state index in [1.807, 2.05) is 18.2 Å². The maximum absolute atomic E-state index is 12.6. The highest BCUT2D eigenvalue weighted by Gasteiger charge is 2.31. The lowest BCUT2D eigenvalue weighted by molar-refractivity contribution is -0.123. The summed E-state index contributed by atoms with van der Waals surface area (Å²) in [7, 11) is 0. The van der Waals surface area contributed by atoms with Crippen LogP contribution < -0.4 is 16.0 Å². The highest BCUT2D eigenvalue weighted by Crippen LogP contribution is 2.30. The molecule has 6 nitrogen and oxygen atoms in total. The predicted molar refractivity (Wildman–Crippen MR) is 123 cm³/mol. The Morgan fingerprint density at radius 2 is 1.59 bits per heavy atom. The van der Waals surface area contributed by atoms with Crippen LogP contribution in [0.4, 0.5) is 11.4 Å². The number of benzene rings is 3. The molecule has 0 atom stereocenters. The first-order valence-electron chi connectivity index (χ1n) is 10.5. The highest BCUT2D eigenvalue weighted by molar-refractivity contribution is 6.36. The van der Waals surface area contributed by atoms with Crippen molar-refractivity contribution in [3.8, 4) is 0 Å². The van der Waals surface area contributed by atoms with E-state index in [1.54, 1.807) is 48.5 Å². The number of aryl methyl sites for hydroxylation is 2. The van der Waals surface area contributed by atoms with Crippen molar-refractivity contribution in [3.63, 3.8) is 0 Å². The number of hydrogen-bond acceptors (Lipinski definition) is 4. The zero-order valence-electron chi connectivity index (χ0n) is 17.3. The lowest BCUT2D eigenvalue weighted by Gasteiger charge is -2.11. The van der Waals surface area contributed by atoms with Gasteiger partial charge in [-0.05, 0) is 72.4 Å². The second-order valence-electron chi connectivity index (χ2n) is 7.90. The van der Waals surface area contributed by atoms with E-state index >= 15 is 0 Å². The van der Waals surface area contributed by atoms with Crippen molar-refractivity contribution in [2.45, 2.75) is 19.3 Å². The fraction of sp³-hybridized carbons (Fsp3) is 0.115. The van der Waals surface area contributed by atoms with Crippen LogP contribution >= 0.6 is 0 Å². The average Bonchev–Trinajstić information content (AvgIpc) is 3.38. The SMILES string of the molecule is O=C1NC(=O)C(c2cccc(NC(=O)c3ccccc3)c2)=C1Nc1ccc2c(c1)CCC2. The molecule has 1 aliphatic heterocycles. The number of carbonyl (C=O) groups is 3. The van der Waals surface area contributed by atoms with Gasteiger partial charge in [0.1, 0.15) is 5.70 Å². The molecular formula is C26H21N3O3. The van der Waals surface area contributed by atoms with E-state index in [9.17, 15) is 14.4 Å². The van der Waals surface area contributed by atoms with Crippen LogP contribution in [-0.2, 0) is 22.4 Å². The Kier molecular flexibility index (Phi) is 5.03. The molecule has 2 aliphatic rings. The van der Waals surface area contributed by atoms with Gasteiger partial charge >= 0.3 is 0 Å². The molecule has 0 spiro atoms. The summed E-state index contributed by atoms with van der Waals surface area (Å²) in [5, 5.41) is 8.36. The molecule has 1 heterocycles. The number of nitrogens with one attached hydrogen (secondary N) is 3. The van der Waals surface area contributed by atoms with Crippen molar-refractivity contribution in [1.29, 1.82) is 0 Å². The number of rotatable bonds is 5. The molecule has 5 rings (SSSR count). The minimum absolute atomic E-state index is 0.208. The second kappa shape index (κ2) is 8.15. The van der Waals surface area contributed by atoms with Crippen LogP contribution in [-0.4, -0.2) is 17.7 Å². The second-order valence-corrected chi connectivity index (χ2v) is 7.90. The predicted octanol–water partition coefficient (Wildman–Crippen LogP) is 3.91. The third-order valence-corrected chi connectivity index (χ3v) is 5.74. The standard InChI is InChI=1S/C26H21N3O3/c30-24(17-6-2-1-3-7-17)28-20-11-5-10-19(15-20)22-23(26(32)29-25(22)31)27-21-13-12-16-8-4-9-18(16)14-21/h1-3,5-7,10-15H,4,8-9H2,(H,28,30)(H2,27,29,31,32). The van der Waals surface area contributed by atoms with Crippen molar-refractivity contribution in [2.75, 3.05) is 10.6 Å². The zero-order valence-corrected chi connectivity index (χ0v) is 17.3. The monoisotopic (exact) mass is 423 g/mol. The van der Waals surface area contributed by atoms with Gasteiger partial charge in [-0.15, -0.1) is 0 Å². The van der Waals surface area contributed by atoms with E-state index in [0.717, 1.165) is 24.9 Å². The molecule has 3 amide bonds. The van der Waals surface area contributed by atoms with Gasteiger partial charge < -0.3 is 10.6 Å². The van der Waals surface area contributed by atoms with Crippen molar-refractivity contribution >= 4 is 34.7 Å². The third-order valence-electron chi connectivity index (χ3n) is 5.74. The molecule has 0 radical (unpaired) electrons. The lowest BCUT2D eigenvalue weighted by Crippen LogP contribution is -2.24.